The Morgan fingerprint density at radius 3 is 2.65 bits per heavy atom. The SMILES string of the molecule is CCC(C)(C)Oc1cccc(CNC(C)C)n1. The zero-order valence-electron chi connectivity index (χ0n) is 11.6. The molecule has 0 aliphatic carbocycles. The van der Waals surface area contributed by atoms with E-state index in [0.717, 1.165) is 18.7 Å². The number of rotatable bonds is 6. The van der Waals surface area contributed by atoms with Gasteiger partial charge in [-0.25, -0.2) is 4.98 Å². The van der Waals surface area contributed by atoms with Crippen molar-refractivity contribution in [3.05, 3.63) is 23.9 Å². The summed E-state index contributed by atoms with van der Waals surface area (Å²) in [4.78, 5) is 4.49. The highest BCUT2D eigenvalue weighted by Crippen LogP contribution is 2.18. The van der Waals surface area contributed by atoms with Crippen molar-refractivity contribution in [1.29, 1.82) is 0 Å². The number of nitrogens with one attached hydrogen (secondary N) is 1. The van der Waals surface area contributed by atoms with Gasteiger partial charge in [0, 0.05) is 18.7 Å². The first-order valence-corrected chi connectivity index (χ1v) is 6.31. The Labute approximate surface area is 105 Å². The van der Waals surface area contributed by atoms with Crippen LogP contribution in [0.5, 0.6) is 5.88 Å². The minimum absolute atomic E-state index is 0.156. The summed E-state index contributed by atoms with van der Waals surface area (Å²) in [5.41, 5.74) is 0.861. The van der Waals surface area contributed by atoms with E-state index in [1.807, 2.05) is 18.2 Å². The molecule has 0 aromatic carbocycles. The molecule has 0 saturated carbocycles. The predicted molar refractivity (Wildman–Crippen MR) is 71.2 cm³/mol. The van der Waals surface area contributed by atoms with Crippen LogP contribution in [0.15, 0.2) is 18.2 Å². The highest BCUT2D eigenvalue weighted by atomic mass is 16.5. The minimum atomic E-state index is -0.156. The fraction of sp³-hybridized carbons (Fsp3) is 0.643. The summed E-state index contributed by atoms with van der Waals surface area (Å²) in [6, 6.07) is 6.39. The molecule has 17 heavy (non-hydrogen) atoms. The topological polar surface area (TPSA) is 34.1 Å². The normalized spacial score (nSPS) is 11.9. The number of hydrogen-bond donors (Lipinski definition) is 1. The van der Waals surface area contributed by atoms with Crippen molar-refractivity contribution in [2.75, 3.05) is 0 Å². The van der Waals surface area contributed by atoms with Gasteiger partial charge in [0.25, 0.3) is 0 Å². The van der Waals surface area contributed by atoms with Crippen LogP contribution in [0.1, 0.15) is 46.7 Å². The van der Waals surface area contributed by atoms with Crippen molar-refractivity contribution in [1.82, 2.24) is 10.3 Å². The molecule has 0 atom stereocenters. The molecular weight excluding hydrogens is 212 g/mol. The third-order valence-electron chi connectivity index (χ3n) is 2.70. The van der Waals surface area contributed by atoms with Gasteiger partial charge >= 0.3 is 0 Å². The quantitative estimate of drug-likeness (QED) is 0.824. The van der Waals surface area contributed by atoms with Crippen LogP contribution in [-0.4, -0.2) is 16.6 Å². The van der Waals surface area contributed by atoms with E-state index >= 15 is 0 Å². The molecule has 1 aromatic heterocycles. The minimum Gasteiger partial charge on any atom is -0.472 e. The third kappa shape index (κ3) is 5.18. The largest absolute Gasteiger partial charge is 0.472 e. The molecule has 1 rings (SSSR count). The van der Waals surface area contributed by atoms with Gasteiger partial charge in [-0.3, -0.25) is 0 Å². The van der Waals surface area contributed by atoms with Crippen molar-refractivity contribution in [2.24, 2.45) is 0 Å². The van der Waals surface area contributed by atoms with E-state index < -0.39 is 0 Å². The van der Waals surface area contributed by atoms with E-state index in [2.05, 4.69) is 44.9 Å². The molecule has 0 aliphatic heterocycles. The second-order valence-electron chi connectivity index (χ2n) is 5.22. The first-order valence-electron chi connectivity index (χ1n) is 6.31. The highest BCUT2D eigenvalue weighted by molar-refractivity contribution is 5.16. The van der Waals surface area contributed by atoms with Gasteiger partial charge in [-0.2, -0.15) is 0 Å². The standard InChI is InChI=1S/C14H24N2O/c1-6-14(4,5)17-13-9-7-8-12(16-13)10-15-11(2)3/h7-9,11,15H,6,10H2,1-5H3. The van der Waals surface area contributed by atoms with E-state index in [1.54, 1.807) is 0 Å². The smallest absolute Gasteiger partial charge is 0.214 e. The maximum atomic E-state index is 5.86. The first kappa shape index (κ1) is 14.0. The van der Waals surface area contributed by atoms with Crippen LogP contribution >= 0.6 is 0 Å². The zero-order valence-corrected chi connectivity index (χ0v) is 11.6. The molecule has 3 heteroatoms. The molecule has 0 saturated heterocycles. The van der Waals surface area contributed by atoms with Crippen molar-refractivity contribution in [3.8, 4) is 5.88 Å². The van der Waals surface area contributed by atoms with Crippen molar-refractivity contribution in [2.45, 2.75) is 59.2 Å². The first-order chi connectivity index (χ1) is 7.93. The van der Waals surface area contributed by atoms with E-state index in [4.69, 9.17) is 4.74 Å². The molecular formula is C14H24N2O. The van der Waals surface area contributed by atoms with Gasteiger partial charge in [-0.1, -0.05) is 26.8 Å². The summed E-state index contributed by atoms with van der Waals surface area (Å²) in [5.74, 6) is 0.708. The van der Waals surface area contributed by atoms with Gasteiger partial charge in [-0.15, -0.1) is 0 Å². The summed E-state index contributed by atoms with van der Waals surface area (Å²) in [5, 5.41) is 3.35. The Hall–Kier alpha value is -1.09. The maximum Gasteiger partial charge on any atom is 0.214 e. The van der Waals surface area contributed by atoms with E-state index in [1.165, 1.54) is 0 Å². The molecule has 0 unspecified atom stereocenters. The Morgan fingerprint density at radius 2 is 2.06 bits per heavy atom. The summed E-state index contributed by atoms with van der Waals surface area (Å²) in [7, 11) is 0. The Kier molecular flexibility index (Phi) is 4.94. The molecule has 1 N–H and O–H groups in total. The number of hydrogen-bond acceptors (Lipinski definition) is 3. The molecule has 1 aromatic rings. The van der Waals surface area contributed by atoms with Crippen LogP contribution in [0.3, 0.4) is 0 Å². The summed E-state index contributed by atoms with van der Waals surface area (Å²) in [6.45, 7) is 11.3. The molecule has 3 nitrogen and oxygen atoms in total. The van der Waals surface area contributed by atoms with Crippen molar-refractivity contribution in [3.63, 3.8) is 0 Å². The Balaban J connectivity index is 2.66. The average Bonchev–Trinajstić information content (AvgIpc) is 2.26. The summed E-state index contributed by atoms with van der Waals surface area (Å²) >= 11 is 0. The molecule has 1 heterocycles. The number of aromatic nitrogens is 1. The lowest BCUT2D eigenvalue weighted by Gasteiger charge is -2.24. The fourth-order valence-corrected chi connectivity index (χ4v) is 1.28. The average molecular weight is 236 g/mol. The second kappa shape index (κ2) is 6.01. The molecule has 0 radical (unpaired) electrons. The second-order valence-corrected chi connectivity index (χ2v) is 5.22. The monoisotopic (exact) mass is 236 g/mol. The van der Waals surface area contributed by atoms with Gasteiger partial charge < -0.3 is 10.1 Å². The summed E-state index contributed by atoms with van der Waals surface area (Å²) < 4.78 is 5.86. The van der Waals surface area contributed by atoms with E-state index in [-0.39, 0.29) is 5.60 Å². The molecule has 0 fully saturated rings. The van der Waals surface area contributed by atoms with E-state index in [9.17, 15) is 0 Å². The number of nitrogens with zero attached hydrogens (tertiary/aromatic N) is 1. The lowest BCUT2D eigenvalue weighted by atomic mass is 10.1. The zero-order chi connectivity index (χ0) is 12.9. The van der Waals surface area contributed by atoms with Gasteiger partial charge in [0.1, 0.15) is 5.60 Å². The summed E-state index contributed by atoms with van der Waals surface area (Å²) in [6.07, 6.45) is 0.961. The van der Waals surface area contributed by atoms with Gasteiger partial charge in [-0.05, 0) is 26.3 Å². The van der Waals surface area contributed by atoms with Crippen molar-refractivity contribution < 1.29 is 4.74 Å². The van der Waals surface area contributed by atoms with Crippen LogP contribution in [0.4, 0.5) is 0 Å². The molecule has 96 valence electrons. The number of pyridine rings is 1. The van der Waals surface area contributed by atoms with Crippen LogP contribution in [0.25, 0.3) is 0 Å². The molecule has 0 aliphatic rings. The maximum absolute atomic E-state index is 5.86. The molecule has 0 bridgehead atoms. The lowest BCUT2D eigenvalue weighted by molar-refractivity contribution is 0.0987. The van der Waals surface area contributed by atoms with Crippen LogP contribution in [0, 0.1) is 0 Å². The van der Waals surface area contributed by atoms with Crippen LogP contribution in [-0.2, 0) is 6.54 Å². The number of ether oxygens (including phenoxy) is 1. The van der Waals surface area contributed by atoms with Gasteiger partial charge in [0.15, 0.2) is 0 Å². The molecule has 0 spiro atoms. The molecule has 0 amide bonds. The highest BCUT2D eigenvalue weighted by Gasteiger charge is 2.17. The van der Waals surface area contributed by atoms with Gasteiger partial charge in [0.2, 0.25) is 5.88 Å². The van der Waals surface area contributed by atoms with Crippen LogP contribution in [0.2, 0.25) is 0 Å². The Bertz CT molecular complexity index is 348. The third-order valence-corrected chi connectivity index (χ3v) is 2.70. The van der Waals surface area contributed by atoms with Crippen molar-refractivity contribution >= 4 is 0 Å². The lowest BCUT2D eigenvalue weighted by Crippen LogP contribution is -2.27. The van der Waals surface area contributed by atoms with Gasteiger partial charge in [0.05, 0.1) is 5.69 Å². The Morgan fingerprint density at radius 1 is 1.35 bits per heavy atom. The predicted octanol–water partition coefficient (Wildman–Crippen LogP) is 3.15. The van der Waals surface area contributed by atoms with Crippen LogP contribution < -0.4 is 10.1 Å². The fourth-order valence-electron chi connectivity index (χ4n) is 1.28. The van der Waals surface area contributed by atoms with E-state index in [0.29, 0.717) is 11.9 Å².